The van der Waals surface area contributed by atoms with Gasteiger partial charge in [0.1, 0.15) is 27.9 Å². The topological polar surface area (TPSA) is 144 Å². The lowest BCUT2D eigenvalue weighted by atomic mass is 9.84. The molecule has 3 N–H and O–H groups in total. The van der Waals surface area contributed by atoms with Crippen molar-refractivity contribution in [2.24, 2.45) is 0 Å². The Balaban J connectivity index is 1.34. The van der Waals surface area contributed by atoms with E-state index in [0.29, 0.717) is 55.6 Å². The van der Waals surface area contributed by atoms with Crippen LogP contribution in [0.5, 0.6) is 23.0 Å². The summed E-state index contributed by atoms with van der Waals surface area (Å²) in [6.45, 7) is 2.03. The number of hydrogen-bond donors (Lipinski definition) is 3. The second kappa shape index (κ2) is 15.4. The number of ether oxygens (including phenoxy) is 3. The van der Waals surface area contributed by atoms with Crippen molar-refractivity contribution in [1.29, 1.82) is 0 Å². The second-order valence-corrected chi connectivity index (χ2v) is 13.1. The molecule has 6 rings (SSSR count). The van der Waals surface area contributed by atoms with E-state index in [1.165, 1.54) is 17.4 Å². The average Bonchev–Trinajstić information content (AvgIpc) is 3.79. The van der Waals surface area contributed by atoms with Crippen LogP contribution in [0.4, 0.5) is 0 Å². The molecule has 0 spiro atoms. The number of benzene rings is 3. The molecule has 0 aliphatic carbocycles. The molecule has 2 atom stereocenters. The number of nitrogens with zero attached hydrogens (tertiary/aromatic N) is 1. The van der Waals surface area contributed by atoms with Crippen LogP contribution in [0.3, 0.4) is 0 Å². The molecule has 10 nitrogen and oxygen atoms in total. The number of esters is 1. The molecule has 3 heterocycles. The summed E-state index contributed by atoms with van der Waals surface area (Å²) in [7, 11) is 0. The van der Waals surface area contributed by atoms with Gasteiger partial charge < -0.3 is 29.7 Å². The Kier molecular flexibility index (Phi) is 10.6. The maximum atomic E-state index is 13.7. The first-order valence-corrected chi connectivity index (χ1v) is 17.3. The van der Waals surface area contributed by atoms with E-state index >= 15 is 0 Å². The molecule has 3 aromatic carbocycles. The first-order valence-electron chi connectivity index (χ1n) is 16.4. The number of hydrogen-bond acceptors (Lipinski definition) is 10. The number of ketones is 1. The fourth-order valence-electron chi connectivity index (χ4n) is 6.17. The van der Waals surface area contributed by atoms with Crippen LogP contribution in [0.1, 0.15) is 90.4 Å². The van der Waals surface area contributed by atoms with E-state index in [9.17, 15) is 24.6 Å². The van der Waals surface area contributed by atoms with Gasteiger partial charge in [-0.2, -0.15) is 0 Å². The van der Waals surface area contributed by atoms with Crippen LogP contribution in [0, 0.1) is 0 Å². The van der Waals surface area contributed by atoms with Gasteiger partial charge in [0.05, 0.1) is 6.10 Å². The number of carbonyl (C=O) groups is 3. The highest BCUT2D eigenvalue weighted by Gasteiger charge is 2.32. The lowest BCUT2D eigenvalue weighted by molar-refractivity contribution is -0.121. The number of amides is 1. The van der Waals surface area contributed by atoms with Crippen LogP contribution in [-0.2, 0) is 20.9 Å². The molecule has 2 aliphatic rings. The van der Waals surface area contributed by atoms with E-state index in [4.69, 9.17) is 14.2 Å². The molecule has 0 saturated carbocycles. The van der Waals surface area contributed by atoms with E-state index < -0.39 is 23.7 Å². The molecule has 1 amide bonds. The van der Waals surface area contributed by atoms with E-state index in [1.807, 2.05) is 29.6 Å². The van der Waals surface area contributed by atoms with E-state index in [2.05, 4.69) is 10.3 Å². The van der Waals surface area contributed by atoms with Gasteiger partial charge in [-0.3, -0.25) is 9.59 Å². The highest BCUT2D eigenvalue weighted by atomic mass is 32.1. The quantitative estimate of drug-likeness (QED) is 0.171. The van der Waals surface area contributed by atoms with Gasteiger partial charge in [0.15, 0.2) is 11.5 Å². The number of fused-ring (bicyclic) bond motifs is 2. The summed E-state index contributed by atoms with van der Waals surface area (Å²) in [6, 6.07) is 14.3. The first-order chi connectivity index (χ1) is 23.8. The van der Waals surface area contributed by atoms with Crippen LogP contribution >= 0.6 is 11.3 Å². The van der Waals surface area contributed by atoms with Gasteiger partial charge in [-0.25, -0.2) is 9.78 Å². The fraction of sp³-hybridized carbons (Fsp3) is 0.316. The third kappa shape index (κ3) is 8.11. The monoisotopic (exact) mass is 682 g/mol. The molecule has 4 aromatic rings. The van der Waals surface area contributed by atoms with Crippen LogP contribution in [0.25, 0.3) is 16.6 Å². The Morgan fingerprint density at radius 2 is 1.90 bits per heavy atom. The van der Waals surface area contributed by atoms with E-state index in [1.54, 1.807) is 43.5 Å². The van der Waals surface area contributed by atoms with Crippen molar-refractivity contribution in [2.45, 2.75) is 70.4 Å². The molecule has 0 bridgehead atoms. The number of nitrogens with one attached hydrogen (secondary N) is 1. The van der Waals surface area contributed by atoms with Crippen molar-refractivity contribution in [2.75, 3.05) is 6.79 Å². The van der Waals surface area contributed by atoms with Crippen LogP contribution in [0.15, 0.2) is 66.2 Å². The molecule has 0 fully saturated rings. The number of Topliss-reactive ketones (excluding diaryl/α,β-unsaturated/α-hetero) is 1. The van der Waals surface area contributed by atoms with Gasteiger partial charge in [0, 0.05) is 54.4 Å². The van der Waals surface area contributed by atoms with E-state index in [-0.39, 0.29) is 53.9 Å². The summed E-state index contributed by atoms with van der Waals surface area (Å²) in [5, 5.41) is 29.1. The third-order valence-corrected chi connectivity index (χ3v) is 9.51. The summed E-state index contributed by atoms with van der Waals surface area (Å²) < 4.78 is 16.8. The minimum Gasteiger partial charge on any atom is -0.507 e. The molecule has 11 heteroatoms. The zero-order valence-corrected chi connectivity index (χ0v) is 28.0. The number of thiazole rings is 1. The highest BCUT2D eigenvalue weighted by molar-refractivity contribution is 7.13. The van der Waals surface area contributed by atoms with Gasteiger partial charge >= 0.3 is 5.97 Å². The minimum atomic E-state index is -0.880. The molecule has 2 aliphatic heterocycles. The molecule has 1 unspecified atom stereocenters. The number of phenolic OH excluding ortho intramolecular Hbond substituents is 2. The normalized spacial score (nSPS) is 17.1. The van der Waals surface area contributed by atoms with Crippen LogP contribution in [0.2, 0.25) is 0 Å². The lowest BCUT2D eigenvalue weighted by Crippen LogP contribution is -2.25. The molecular formula is C38H38N2O8S. The number of cyclic esters (lactones) is 1. The number of allylic oxidation sites excluding steroid dienone is 1. The predicted octanol–water partition coefficient (Wildman–Crippen LogP) is 7.27. The van der Waals surface area contributed by atoms with Gasteiger partial charge in [0.2, 0.25) is 12.7 Å². The van der Waals surface area contributed by atoms with Gasteiger partial charge in [0.25, 0.3) is 0 Å². The number of carbonyl (C=O) groups excluding carboxylic acids is 3. The standard InChI is InChI=1S/C38H38N2O8S/c1-23-7-5-12-28(41)11-4-2-3-9-26-18-30(42)35(36(44)34(26)38(45)48-23)29(25-13-14-31-32(19-25)47-22-46-31)20-33(43)40-21-24-8-6-10-27(17-24)37-39-15-16-49-37/h3,6,8-10,13-19,23,29,42,44H,2,4-5,7,11-12,20-22H2,1H3,(H,40,43)/t23-,29?/m0/s1. The molecule has 0 saturated heterocycles. The number of rotatable bonds is 7. The SMILES string of the molecule is C[C@H]1CCCC(=O)CCCC=Cc2cc(O)c(C(CC(=O)NCc3cccc(-c4nccs4)c3)c3ccc4c(c3)OCO4)c(O)c2C(=O)O1. The van der Waals surface area contributed by atoms with Crippen LogP contribution < -0.4 is 14.8 Å². The second-order valence-electron chi connectivity index (χ2n) is 12.2. The van der Waals surface area contributed by atoms with Crippen LogP contribution in [-0.4, -0.2) is 45.8 Å². The Labute approximate surface area is 288 Å². The highest BCUT2D eigenvalue weighted by Crippen LogP contribution is 2.46. The zero-order valence-electron chi connectivity index (χ0n) is 27.1. The Morgan fingerprint density at radius 3 is 2.73 bits per heavy atom. The predicted molar refractivity (Wildman–Crippen MR) is 185 cm³/mol. The van der Waals surface area contributed by atoms with Crippen molar-refractivity contribution < 1.29 is 38.8 Å². The minimum absolute atomic E-state index is 0.0169. The molecule has 1 aromatic heterocycles. The first kappa shape index (κ1) is 33.7. The summed E-state index contributed by atoms with van der Waals surface area (Å²) in [5.41, 5.74) is 2.58. The van der Waals surface area contributed by atoms with Crippen molar-refractivity contribution >= 4 is 35.1 Å². The summed E-state index contributed by atoms with van der Waals surface area (Å²) in [6.07, 6.45) is 7.68. The van der Waals surface area contributed by atoms with Crippen molar-refractivity contribution in [1.82, 2.24) is 10.3 Å². The molecular weight excluding hydrogens is 644 g/mol. The van der Waals surface area contributed by atoms with Gasteiger partial charge in [-0.1, -0.05) is 36.4 Å². The van der Waals surface area contributed by atoms with E-state index in [0.717, 1.165) is 16.1 Å². The number of phenols is 2. The summed E-state index contributed by atoms with van der Waals surface area (Å²) >= 11 is 1.53. The van der Waals surface area contributed by atoms with Crippen molar-refractivity contribution in [3.63, 3.8) is 0 Å². The smallest absolute Gasteiger partial charge is 0.342 e. The summed E-state index contributed by atoms with van der Waals surface area (Å²) in [5.74, 6) is -1.56. The lowest BCUT2D eigenvalue weighted by Gasteiger charge is -2.23. The maximum absolute atomic E-state index is 13.7. The van der Waals surface area contributed by atoms with Crippen molar-refractivity contribution in [3.8, 4) is 33.6 Å². The van der Waals surface area contributed by atoms with Gasteiger partial charge in [-0.15, -0.1) is 11.3 Å². The summed E-state index contributed by atoms with van der Waals surface area (Å²) in [4.78, 5) is 43.8. The Bertz CT molecular complexity index is 1870. The Hall–Kier alpha value is -5.16. The molecule has 49 heavy (non-hydrogen) atoms. The molecule has 0 radical (unpaired) electrons. The fourth-order valence-corrected chi connectivity index (χ4v) is 6.81. The third-order valence-electron chi connectivity index (χ3n) is 8.68. The number of aromatic hydroxyl groups is 2. The zero-order chi connectivity index (χ0) is 34.3. The average molecular weight is 683 g/mol. The van der Waals surface area contributed by atoms with Crippen molar-refractivity contribution in [3.05, 3.63) is 94.0 Å². The van der Waals surface area contributed by atoms with Gasteiger partial charge in [-0.05, 0) is 73.6 Å². The Morgan fingerprint density at radius 1 is 1.06 bits per heavy atom. The largest absolute Gasteiger partial charge is 0.507 e. The maximum Gasteiger partial charge on any atom is 0.342 e. The molecule has 254 valence electrons. The number of aromatic nitrogens is 1.